The predicted molar refractivity (Wildman–Crippen MR) is 117 cm³/mol. The molecule has 3 heterocycles. The zero-order valence-electron chi connectivity index (χ0n) is 17.2. The normalized spacial score (nSPS) is 11.3. The number of hydrogen-bond acceptors (Lipinski definition) is 6. The van der Waals surface area contributed by atoms with Gasteiger partial charge in [0, 0.05) is 6.54 Å². The van der Waals surface area contributed by atoms with Crippen molar-refractivity contribution in [3.63, 3.8) is 0 Å². The van der Waals surface area contributed by atoms with E-state index in [9.17, 15) is 4.79 Å². The zero-order valence-corrected chi connectivity index (χ0v) is 17.2. The van der Waals surface area contributed by atoms with E-state index in [0.717, 1.165) is 28.1 Å². The van der Waals surface area contributed by atoms with Crippen molar-refractivity contribution in [2.75, 3.05) is 7.11 Å². The third kappa shape index (κ3) is 3.31. The van der Waals surface area contributed by atoms with Crippen LogP contribution in [0.1, 0.15) is 11.3 Å². The van der Waals surface area contributed by atoms with Gasteiger partial charge in [0.2, 0.25) is 0 Å². The lowest BCUT2D eigenvalue weighted by Gasteiger charge is -2.07. The van der Waals surface area contributed by atoms with E-state index in [1.807, 2.05) is 61.5 Å². The third-order valence-electron chi connectivity index (χ3n) is 5.34. The molecule has 0 N–H and O–H groups in total. The number of fused-ring (bicyclic) bond motifs is 3. The summed E-state index contributed by atoms with van der Waals surface area (Å²) >= 11 is 0. The highest BCUT2D eigenvalue weighted by molar-refractivity contribution is 5.83. The summed E-state index contributed by atoms with van der Waals surface area (Å²) in [6.45, 7) is 2.40. The molecular formula is C23H20N6O2. The highest BCUT2D eigenvalue weighted by atomic mass is 16.5. The molecule has 0 saturated heterocycles. The third-order valence-corrected chi connectivity index (χ3v) is 5.34. The van der Waals surface area contributed by atoms with Gasteiger partial charge in [-0.05, 0) is 36.6 Å². The van der Waals surface area contributed by atoms with Crippen LogP contribution in [0.25, 0.3) is 27.9 Å². The molecular weight excluding hydrogens is 392 g/mol. The Balaban J connectivity index is 1.53. The number of aryl methyl sites for hydroxylation is 3. The molecule has 154 valence electrons. The van der Waals surface area contributed by atoms with Crippen molar-refractivity contribution in [2.45, 2.75) is 19.9 Å². The first-order valence-electron chi connectivity index (χ1n) is 9.95. The second-order valence-corrected chi connectivity index (χ2v) is 7.28. The van der Waals surface area contributed by atoms with Crippen LogP contribution in [-0.4, -0.2) is 36.5 Å². The molecule has 2 aromatic carbocycles. The van der Waals surface area contributed by atoms with Crippen molar-refractivity contribution < 1.29 is 4.74 Å². The summed E-state index contributed by atoms with van der Waals surface area (Å²) in [6.07, 6.45) is 2.24. The first-order chi connectivity index (χ1) is 15.2. The highest BCUT2D eigenvalue weighted by Crippen LogP contribution is 2.27. The molecule has 0 aliphatic rings. The average molecular weight is 412 g/mol. The van der Waals surface area contributed by atoms with Crippen LogP contribution in [0.2, 0.25) is 0 Å². The van der Waals surface area contributed by atoms with E-state index < -0.39 is 0 Å². The summed E-state index contributed by atoms with van der Waals surface area (Å²) in [5.41, 5.74) is 4.74. The second kappa shape index (κ2) is 7.64. The van der Waals surface area contributed by atoms with Crippen LogP contribution in [0.4, 0.5) is 0 Å². The van der Waals surface area contributed by atoms with Crippen molar-refractivity contribution in [3.05, 3.63) is 82.5 Å². The fourth-order valence-electron chi connectivity index (χ4n) is 3.71. The summed E-state index contributed by atoms with van der Waals surface area (Å²) in [5.74, 6) is 0.803. The average Bonchev–Trinajstić information content (AvgIpc) is 3.15. The topological polar surface area (TPSA) is 87.2 Å². The monoisotopic (exact) mass is 412 g/mol. The molecule has 31 heavy (non-hydrogen) atoms. The summed E-state index contributed by atoms with van der Waals surface area (Å²) in [7, 11) is 1.64. The fourth-order valence-corrected chi connectivity index (χ4v) is 3.71. The lowest BCUT2D eigenvalue weighted by molar-refractivity contribution is 0.414. The number of ether oxygens (including phenoxy) is 1. The minimum Gasteiger partial charge on any atom is -0.497 e. The van der Waals surface area contributed by atoms with Gasteiger partial charge >= 0.3 is 0 Å². The molecule has 0 unspecified atom stereocenters. The Morgan fingerprint density at radius 2 is 1.74 bits per heavy atom. The molecule has 8 heteroatoms. The molecule has 0 bridgehead atoms. The molecule has 0 spiro atoms. The van der Waals surface area contributed by atoms with E-state index in [0.29, 0.717) is 24.3 Å². The van der Waals surface area contributed by atoms with E-state index in [1.54, 1.807) is 22.5 Å². The number of hydrogen-bond donors (Lipinski definition) is 0. The van der Waals surface area contributed by atoms with Crippen LogP contribution in [0.3, 0.4) is 0 Å². The van der Waals surface area contributed by atoms with Crippen LogP contribution in [0, 0.1) is 6.92 Å². The van der Waals surface area contributed by atoms with Gasteiger partial charge < -0.3 is 4.74 Å². The Bertz CT molecular complexity index is 1440. The molecule has 0 fully saturated rings. The lowest BCUT2D eigenvalue weighted by atomic mass is 10.1. The van der Waals surface area contributed by atoms with Gasteiger partial charge in [-0.25, -0.2) is 4.98 Å². The Hall–Kier alpha value is -4.07. The maximum Gasteiger partial charge on any atom is 0.283 e. The van der Waals surface area contributed by atoms with Gasteiger partial charge in [0.15, 0.2) is 16.8 Å². The minimum atomic E-state index is -0.234. The van der Waals surface area contributed by atoms with Crippen molar-refractivity contribution in [1.29, 1.82) is 0 Å². The van der Waals surface area contributed by atoms with Gasteiger partial charge in [0.05, 0.1) is 18.4 Å². The van der Waals surface area contributed by atoms with Gasteiger partial charge in [-0.1, -0.05) is 42.5 Å². The predicted octanol–water partition coefficient (Wildman–Crippen LogP) is 3.06. The van der Waals surface area contributed by atoms with Gasteiger partial charge in [0.1, 0.15) is 12.1 Å². The van der Waals surface area contributed by atoms with Crippen molar-refractivity contribution in [3.8, 4) is 16.9 Å². The van der Waals surface area contributed by atoms with Crippen molar-refractivity contribution in [1.82, 2.24) is 29.4 Å². The van der Waals surface area contributed by atoms with E-state index in [2.05, 4.69) is 20.3 Å². The molecule has 0 aliphatic carbocycles. The summed E-state index contributed by atoms with van der Waals surface area (Å²) < 4.78 is 8.35. The quantitative estimate of drug-likeness (QED) is 0.441. The standard InChI is InChI=1S/C23H20N6O2/c1-15-19(17-6-4-3-5-7-17)21-26-25-20-22(29(21)27-15)24-14-28(23(20)30)13-12-16-8-10-18(31-2)11-9-16/h3-11,14H,12-13H2,1-2H3. The fraction of sp³-hybridized carbons (Fsp3) is 0.174. The summed E-state index contributed by atoms with van der Waals surface area (Å²) in [4.78, 5) is 17.5. The van der Waals surface area contributed by atoms with Gasteiger partial charge in [-0.2, -0.15) is 9.61 Å². The molecule has 3 aromatic heterocycles. The maximum atomic E-state index is 13.0. The van der Waals surface area contributed by atoms with Crippen LogP contribution in [0.15, 0.2) is 65.7 Å². The SMILES string of the molecule is COc1ccc(CCn2cnc3c(nnc4c(-c5ccccc5)c(C)nn43)c2=O)cc1. The summed E-state index contributed by atoms with van der Waals surface area (Å²) in [5, 5.41) is 13.1. The molecule has 0 saturated carbocycles. The van der Waals surface area contributed by atoms with Crippen LogP contribution in [-0.2, 0) is 13.0 Å². The lowest BCUT2D eigenvalue weighted by Crippen LogP contribution is -2.23. The maximum absolute atomic E-state index is 13.0. The Kier molecular flexibility index (Phi) is 4.66. The number of rotatable bonds is 5. The Morgan fingerprint density at radius 3 is 2.48 bits per heavy atom. The van der Waals surface area contributed by atoms with Crippen molar-refractivity contribution in [2.24, 2.45) is 0 Å². The number of nitrogens with zero attached hydrogens (tertiary/aromatic N) is 6. The molecule has 5 rings (SSSR count). The molecule has 0 amide bonds. The summed E-state index contributed by atoms with van der Waals surface area (Å²) in [6, 6.07) is 17.7. The molecule has 8 nitrogen and oxygen atoms in total. The number of methoxy groups -OCH3 is 1. The molecule has 5 aromatic rings. The van der Waals surface area contributed by atoms with E-state index in [4.69, 9.17) is 4.74 Å². The zero-order chi connectivity index (χ0) is 21.4. The number of benzene rings is 2. The van der Waals surface area contributed by atoms with E-state index >= 15 is 0 Å². The van der Waals surface area contributed by atoms with Crippen molar-refractivity contribution >= 4 is 16.8 Å². The van der Waals surface area contributed by atoms with E-state index in [1.165, 1.54) is 0 Å². The molecule has 0 atom stereocenters. The second-order valence-electron chi connectivity index (χ2n) is 7.28. The first-order valence-corrected chi connectivity index (χ1v) is 9.95. The molecule has 0 aliphatic heterocycles. The smallest absolute Gasteiger partial charge is 0.283 e. The van der Waals surface area contributed by atoms with Gasteiger partial charge in [-0.15, -0.1) is 10.2 Å². The molecule has 0 radical (unpaired) electrons. The Labute approximate surface area is 177 Å². The Morgan fingerprint density at radius 1 is 0.968 bits per heavy atom. The van der Waals surface area contributed by atoms with Crippen LogP contribution in [0.5, 0.6) is 5.75 Å². The van der Waals surface area contributed by atoms with Crippen LogP contribution < -0.4 is 10.3 Å². The van der Waals surface area contributed by atoms with Crippen LogP contribution >= 0.6 is 0 Å². The van der Waals surface area contributed by atoms with Gasteiger partial charge in [0.25, 0.3) is 5.56 Å². The number of aromatic nitrogens is 6. The highest BCUT2D eigenvalue weighted by Gasteiger charge is 2.18. The van der Waals surface area contributed by atoms with E-state index in [-0.39, 0.29) is 11.1 Å². The van der Waals surface area contributed by atoms with Gasteiger partial charge in [-0.3, -0.25) is 9.36 Å². The minimum absolute atomic E-state index is 0.201. The largest absolute Gasteiger partial charge is 0.497 e. The first kappa shape index (κ1) is 18.9.